The highest BCUT2D eigenvalue weighted by Gasteiger charge is 2.34. The first kappa shape index (κ1) is 30.4. The van der Waals surface area contributed by atoms with Gasteiger partial charge in [-0.2, -0.15) is 0 Å². The maximum absolute atomic E-state index is 13.6. The Labute approximate surface area is 239 Å². The number of halogens is 3. The molecule has 3 aromatic rings. The van der Waals surface area contributed by atoms with Crippen molar-refractivity contribution in [2.45, 2.75) is 84.4 Å². The van der Waals surface area contributed by atoms with Gasteiger partial charge in [-0.3, -0.25) is 9.59 Å². The third kappa shape index (κ3) is 7.04. The van der Waals surface area contributed by atoms with Gasteiger partial charge in [-0.05, 0) is 84.4 Å². The molecule has 0 unspecified atom stereocenters. The second-order valence-corrected chi connectivity index (χ2v) is 12.5. The van der Waals surface area contributed by atoms with E-state index >= 15 is 0 Å². The summed E-state index contributed by atoms with van der Waals surface area (Å²) in [7, 11) is 0. The quantitative estimate of drug-likeness (QED) is 0.403. The van der Waals surface area contributed by atoms with E-state index in [0.29, 0.717) is 29.7 Å². The van der Waals surface area contributed by atoms with Gasteiger partial charge in [0.25, 0.3) is 0 Å². The van der Waals surface area contributed by atoms with Gasteiger partial charge in [0, 0.05) is 47.2 Å². The van der Waals surface area contributed by atoms with Gasteiger partial charge in [0.1, 0.15) is 12.3 Å². The zero-order chi connectivity index (χ0) is 30.3. The molecule has 2 amide bonds. The van der Waals surface area contributed by atoms with E-state index in [1.807, 2.05) is 66.7 Å². The van der Waals surface area contributed by atoms with E-state index in [2.05, 4.69) is 15.4 Å². The van der Waals surface area contributed by atoms with Gasteiger partial charge >= 0.3 is 6.36 Å². The van der Waals surface area contributed by atoms with Crippen LogP contribution in [0.2, 0.25) is 0 Å². The highest BCUT2D eigenvalue weighted by atomic mass is 19.4. The smallest absolute Gasteiger partial charge is 0.405 e. The molecule has 4 rings (SSSR count). The number of carbonyl (C=O) groups excluding carboxylic acids is 2. The fourth-order valence-corrected chi connectivity index (χ4v) is 5.34. The molecule has 2 atom stereocenters. The Bertz CT molecular complexity index is 1430. The van der Waals surface area contributed by atoms with Gasteiger partial charge in [0.15, 0.2) is 0 Å². The maximum Gasteiger partial charge on any atom is 0.573 e. The van der Waals surface area contributed by atoms with E-state index in [0.717, 1.165) is 5.56 Å². The molecule has 2 N–H and O–H groups in total. The highest BCUT2D eigenvalue weighted by Crippen LogP contribution is 2.38. The van der Waals surface area contributed by atoms with Crippen LogP contribution in [0.4, 0.5) is 13.2 Å². The summed E-state index contributed by atoms with van der Waals surface area (Å²) in [4.78, 5) is 28.5. The normalized spacial score (nSPS) is 18.4. The number of alkyl halides is 3. The Morgan fingerprint density at radius 1 is 0.976 bits per heavy atom. The average Bonchev–Trinajstić information content (AvgIpc) is 3.19. The molecule has 1 aliphatic heterocycles. The molecule has 0 aliphatic carbocycles. The lowest BCUT2D eigenvalue weighted by atomic mass is 9.82. The zero-order valence-corrected chi connectivity index (χ0v) is 24.6. The van der Waals surface area contributed by atoms with Crippen molar-refractivity contribution in [3.63, 3.8) is 0 Å². The number of nitrogens with one attached hydrogen (secondary N) is 2. The van der Waals surface area contributed by atoms with Crippen molar-refractivity contribution in [2.75, 3.05) is 13.1 Å². The van der Waals surface area contributed by atoms with E-state index < -0.39 is 17.3 Å². The number of amides is 2. The summed E-state index contributed by atoms with van der Waals surface area (Å²) in [6.07, 6.45) is -4.88. The Morgan fingerprint density at radius 3 is 2.22 bits per heavy atom. The number of aromatic nitrogens is 1. The van der Waals surface area contributed by atoms with E-state index in [1.54, 1.807) is 27.7 Å². The summed E-state index contributed by atoms with van der Waals surface area (Å²) >= 11 is 0. The number of piperazine rings is 1. The monoisotopic (exact) mass is 572 g/mol. The lowest BCUT2D eigenvalue weighted by Gasteiger charge is -2.36. The minimum atomic E-state index is -4.88. The minimum Gasteiger partial charge on any atom is -0.405 e. The lowest BCUT2D eigenvalue weighted by molar-refractivity contribution is -0.274. The number of para-hydroxylation sites is 1. The Kier molecular flexibility index (Phi) is 8.19. The molecule has 0 saturated carbocycles. The van der Waals surface area contributed by atoms with Crippen molar-refractivity contribution in [3.05, 3.63) is 54.1 Å². The van der Waals surface area contributed by atoms with Crippen molar-refractivity contribution < 1.29 is 27.5 Å². The molecule has 1 aliphatic rings. The molecular formula is C31H39F3N4O3. The zero-order valence-electron chi connectivity index (χ0n) is 24.6. The standard InChI is InChI=1S/C31H39F3N4O3/c1-19-16-37(17-20(2)35-19)27(39)18-38-24-13-12-22(30(6,7)28(40)36-29(3,4)5)14-21(24)15-25(38)23-10-8-9-11-26(23)41-31(32,33)34/h8-15,19-20,35H,16-18H2,1-7H3,(H,36,40)/t19-,20+. The van der Waals surface area contributed by atoms with Crippen LogP contribution in [-0.4, -0.2) is 58.4 Å². The van der Waals surface area contributed by atoms with Crippen molar-refractivity contribution in [3.8, 4) is 17.0 Å². The van der Waals surface area contributed by atoms with Crippen LogP contribution in [0.15, 0.2) is 48.5 Å². The third-order valence-electron chi connectivity index (χ3n) is 7.27. The number of fused-ring (bicyclic) bond motifs is 1. The predicted octanol–water partition coefficient (Wildman–Crippen LogP) is 5.61. The Morgan fingerprint density at radius 2 is 1.61 bits per heavy atom. The molecule has 0 radical (unpaired) electrons. The second-order valence-electron chi connectivity index (χ2n) is 12.5. The number of rotatable bonds is 6. The molecule has 222 valence electrons. The number of carbonyl (C=O) groups is 2. The molecule has 1 aromatic heterocycles. The molecule has 0 bridgehead atoms. The number of ether oxygens (including phenoxy) is 1. The minimum absolute atomic E-state index is 0.0636. The molecule has 2 aromatic carbocycles. The van der Waals surface area contributed by atoms with Gasteiger partial charge in [0.2, 0.25) is 11.8 Å². The third-order valence-corrected chi connectivity index (χ3v) is 7.27. The molecular weight excluding hydrogens is 533 g/mol. The van der Waals surface area contributed by atoms with Crippen LogP contribution >= 0.6 is 0 Å². The summed E-state index contributed by atoms with van der Waals surface area (Å²) in [6, 6.07) is 13.4. The summed E-state index contributed by atoms with van der Waals surface area (Å²) in [5.74, 6) is -0.636. The van der Waals surface area contributed by atoms with Crippen LogP contribution in [0.1, 0.15) is 54.0 Å². The van der Waals surface area contributed by atoms with Gasteiger partial charge in [-0.25, -0.2) is 0 Å². The summed E-state index contributed by atoms with van der Waals surface area (Å²) in [6.45, 7) is 14.4. The van der Waals surface area contributed by atoms with Crippen LogP contribution in [0.3, 0.4) is 0 Å². The van der Waals surface area contributed by atoms with E-state index in [1.165, 1.54) is 12.1 Å². The highest BCUT2D eigenvalue weighted by molar-refractivity contribution is 5.93. The fraction of sp³-hybridized carbons (Fsp3) is 0.484. The summed E-state index contributed by atoms with van der Waals surface area (Å²) < 4.78 is 46.0. The topological polar surface area (TPSA) is 75.6 Å². The second kappa shape index (κ2) is 11.0. The fourth-order valence-electron chi connectivity index (χ4n) is 5.34. The van der Waals surface area contributed by atoms with Crippen LogP contribution in [0.5, 0.6) is 5.75 Å². The van der Waals surface area contributed by atoms with E-state index in [9.17, 15) is 22.8 Å². The molecule has 7 nitrogen and oxygen atoms in total. The number of hydrogen-bond donors (Lipinski definition) is 2. The van der Waals surface area contributed by atoms with E-state index in [4.69, 9.17) is 0 Å². The van der Waals surface area contributed by atoms with E-state index in [-0.39, 0.29) is 41.8 Å². The van der Waals surface area contributed by atoms with Crippen molar-refractivity contribution in [1.82, 2.24) is 20.1 Å². The van der Waals surface area contributed by atoms with Gasteiger partial charge in [-0.1, -0.05) is 18.2 Å². The first-order valence-electron chi connectivity index (χ1n) is 13.8. The van der Waals surface area contributed by atoms with Crippen molar-refractivity contribution in [1.29, 1.82) is 0 Å². The van der Waals surface area contributed by atoms with Crippen LogP contribution in [0.25, 0.3) is 22.2 Å². The molecule has 10 heteroatoms. The summed E-state index contributed by atoms with van der Waals surface area (Å²) in [5.41, 5.74) is 0.731. The van der Waals surface area contributed by atoms with Crippen LogP contribution in [-0.2, 0) is 21.5 Å². The predicted molar refractivity (Wildman–Crippen MR) is 154 cm³/mol. The first-order chi connectivity index (χ1) is 18.9. The summed E-state index contributed by atoms with van der Waals surface area (Å²) in [5, 5.41) is 7.13. The Hall–Kier alpha value is -3.53. The number of hydrogen-bond acceptors (Lipinski definition) is 4. The molecule has 1 saturated heterocycles. The molecule has 2 heterocycles. The first-order valence-corrected chi connectivity index (χ1v) is 13.8. The van der Waals surface area contributed by atoms with Gasteiger partial charge in [-0.15, -0.1) is 13.2 Å². The maximum atomic E-state index is 13.6. The van der Waals surface area contributed by atoms with Crippen LogP contribution < -0.4 is 15.4 Å². The molecule has 0 spiro atoms. The van der Waals surface area contributed by atoms with Gasteiger partial charge < -0.3 is 24.8 Å². The average molecular weight is 573 g/mol. The van der Waals surface area contributed by atoms with Crippen molar-refractivity contribution in [2.24, 2.45) is 0 Å². The largest absolute Gasteiger partial charge is 0.573 e. The van der Waals surface area contributed by atoms with Crippen molar-refractivity contribution >= 4 is 22.7 Å². The SMILES string of the molecule is C[C@@H]1CN(C(=O)Cn2c(-c3ccccc3OC(F)(F)F)cc3cc(C(C)(C)C(=O)NC(C)(C)C)ccc32)C[C@H](C)N1. The number of nitrogens with zero attached hydrogens (tertiary/aromatic N) is 2. The Balaban J connectivity index is 1.82. The van der Waals surface area contributed by atoms with Crippen LogP contribution in [0, 0.1) is 0 Å². The van der Waals surface area contributed by atoms with Gasteiger partial charge in [0.05, 0.1) is 11.1 Å². The number of benzene rings is 2. The molecule has 1 fully saturated rings. The lowest BCUT2D eigenvalue weighted by Crippen LogP contribution is -2.56. The molecule has 41 heavy (non-hydrogen) atoms.